The van der Waals surface area contributed by atoms with Gasteiger partial charge in [-0.3, -0.25) is 14.5 Å². The molecule has 0 saturated carbocycles. The van der Waals surface area contributed by atoms with Crippen LogP contribution in [-0.4, -0.2) is 29.2 Å². The number of ketones is 1. The summed E-state index contributed by atoms with van der Waals surface area (Å²) in [7, 11) is 0. The molecule has 0 unspecified atom stereocenters. The number of rotatable bonds is 7. The molecule has 1 aliphatic heterocycles. The molecule has 1 fully saturated rings. The summed E-state index contributed by atoms with van der Waals surface area (Å²) in [6.07, 6.45) is 1.89. The van der Waals surface area contributed by atoms with Crippen LogP contribution < -0.4 is 5.32 Å². The van der Waals surface area contributed by atoms with Gasteiger partial charge >= 0.3 is 6.03 Å². The molecule has 0 radical (unpaired) electrons. The number of nitrogens with zero attached hydrogens (tertiary/aromatic N) is 1. The second-order valence-corrected chi connectivity index (χ2v) is 7.69. The number of carbonyl (C=O) groups excluding carboxylic acids is 3. The summed E-state index contributed by atoms with van der Waals surface area (Å²) in [6.45, 7) is 1.63. The second-order valence-electron chi connectivity index (χ2n) is 6.77. The van der Waals surface area contributed by atoms with E-state index in [9.17, 15) is 18.8 Å². The molecule has 2 aromatic rings. The van der Waals surface area contributed by atoms with Crippen molar-refractivity contribution >= 4 is 33.7 Å². The number of imide groups is 1. The zero-order chi connectivity index (χ0) is 20.3. The first-order chi connectivity index (χ1) is 13.4. The van der Waals surface area contributed by atoms with Gasteiger partial charge in [-0.1, -0.05) is 60.0 Å². The van der Waals surface area contributed by atoms with Crippen molar-refractivity contribution in [3.8, 4) is 0 Å². The smallest absolute Gasteiger partial charge is 0.319 e. The highest BCUT2D eigenvalue weighted by molar-refractivity contribution is 9.10. The Kier molecular flexibility index (Phi) is 5.93. The van der Waals surface area contributed by atoms with Gasteiger partial charge in [0.05, 0.1) is 6.54 Å². The van der Waals surface area contributed by atoms with Crippen molar-refractivity contribution in [2.75, 3.05) is 6.54 Å². The molecule has 5 nitrogen and oxygen atoms in total. The van der Waals surface area contributed by atoms with Crippen molar-refractivity contribution < 1.29 is 18.8 Å². The van der Waals surface area contributed by atoms with Crippen molar-refractivity contribution in [2.45, 2.75) is 31.7 Å². The summed E-state index contributed by atoms with van der Waals surface area (Å²) in [6, 6.07) is 11.7. The van der Waals surface area contributed by atoms with Crippen LogP contribution in [0.25, 0.3) is 0 Å². The van der Waals surface area contributed by atoms with E-state index in [0.29, 0.717) is 24.0 Å². The standard InChI is InChI=1S/C21H20BrFN2O3/c1-2-3-11-21(15-7-9-17(23)10-8-15)19(27)25(20(28)24-21)13-18(26)14-5-4-6-16(22)12-14/h4-10,12H,2-3,11,13H2,1H3,(H,24,28)/t21-/m0/s1. The van der Waals surface area contributed by atoms with E-state index in [1.807, 2.05) is 6.92 Å². The van der Waals surface area contributed by atoms with Gasteiger partial charge in [0.1, 0.15) is 11.4 Å². The van der Waals surface area contributed by atoms with Crippen molar-refractivity contribution in [2.24, 2.45) is 0 Å². The molecule has 1 aliphatic rings. The van der Waals surface area contributed by atoms with Gasteiger partial charge in [-0.15, -0.1) is 0 Å². The molecule has 1 atom stereocenters. The lowest BCUT2D eigenvalue weighted by Crippen LogP contribution is -2.44. The minimum Gasteiger partial charge on any atom is -0.319 e. The Balaban J connectivity index is 1.90. The summed E-state index contributed by atoms with van der Waals surface area (Å²) in [5.41, 5.74) is -0.362. The highest BCUT2D eigenvalue weighted by atomic mass is 79.9. The van der Waals surface area contributed by atoms with Crippen LogP contribution in [0, 0.1) is 5.82 Å². The van der Waals surface area contributed by atoms with E-state index < -0.39 is 23.3 Å². The predicted molar refractivity (Wildman–Crippen MR) is 106 cm³/mol. The van der Waals surface area contributed by atoms with Crippen LogP contribution in [0.4, 0.5) is 9.18 Å². The molecular formula is C21H20BrFN2O3. The Labute approximate surface area is 171 Å². The fourth-order valence-corrected chi connectivity index (χ4v) is 3.75. The van der Waals surface area contributed by atoms with Crippen LogP contribution in [0.1, 0.15) is 42.1 Å². The fraction of sp³-hybridized carbons (Fsp3) is 0.286. The molecular weight excluding hydrogens is 427 g/mol. The maximum Gasteiger partial charge on any atom is 0.325 e. The molecule has 7 heteroatoms. The van der Waals surface area contributed by atoms with Crippen LogP contribution in [-0.2, 0) is 10.3 Å². The molecule has 3 amide bonds. The van der Waals surface area contributed by atoms with Gasteiger partial charge < -0.3 is 5.32 Å². The number of hydrogen-bond acceptors (Lipinski definition) is 3. The number of carbonyl (C=O) groups is 3. The summed E-state index contributed by atoms with van der Waals surface area (Å²) in [5.74, 6) is -1.25. The number of nitrogens with one attached hydrogen (secondary N) is 1. The van der Waals surface area contributed by atoms with Gasteiger partial charge in [-0.2, -0.15) is 0 Å². The molecule has 1 heterocycles. The maximum atomic E-state index is 13.4. The lowest BCUT2D eigenvalue weighted by Gasteiger charge is -2.27. The normalized spacial score (nSPS) is 19.0. The quantitative estimate of drug-likeness (QED) is 0.505. The topological polar surface area (TPSA) is 66.5 Å². The first-order valence-corrected chi connectivity index (χ1v) is 9.85. The summed E-state index contributed by atoms with van der Waals surface area (Å²) >= 11 is 3.31. The number of amides is 3. The molecule has 28 heavy (non-hydrogen) atoms. The number of Topliss-reactive ketones (excluding diaryl/α,β-unsaturated/α-hetero) is 1. The van der Waals surface area contributed by atoms with E-state index in [0.717, 1.165) is 15.8 Å². The van der Waals surface area contributed by atoms with Crippen LogP contribution in [0.2, 0.25) is 0 Å². The average Bonchev–Trinajstić information content (AvgIpc) is 2.92. The Morgan fingerprint density at radius 3 is 2.54 bits per heavy atom. The van der Waals surface area contributed by atoms with E-state index in [-0.39, 0.29) is 12.3 Å². The third-order valence-corrected chi connectivity index (χ3v) is 5.36. The van der Waals surface area contributed by atoms with Gasteiger partial charge in [0, 0.05) is 10.0 Å². The van der Waals surface area contributed by atoms with Gasteiger partial charge in [0.2, 0.25) is 0 Å². The van der Waals surface area contributed by atoms with Crippen LogP contribution in [0.3, 0.4) is 0 Å². The second kappa shape index (κ2) is 8.22. The molecule has 1 N–H and O–H groups in total. The Morgan fingerprint density at radius 2 is 1.89 bits per heavy atom. The monoisotopic (exact) mass is 446 g/mol. The highest BCUT2D eigenvalue weighted by Crippen LogP contribution is 2.34. The first kappa shape index (κ1) is 20.2. The summed E-state index contributed by atoms with van der Waals surface area (Å²) < 4.78 is 14.1. The molecule has 146 valence electrons. The zero-order valence-electron chi connectivity index (χ0n) is 15.4. The zero-order valence-corrected chi connectivity index (χ0v) is 17.0. The number of urea groups is 1. The van der Waals surface area contributed by atoms with Crippen molar-refractivity contribution in [1.82, 2.24) is 10.2 Å². The number of unbranched alkanes of at least 4 members (excludes halogenated alkanes) is 1. The van der Waals surface area contributed by atoms with Gasteiger partial charge in [-0.25, -0.2) is 9.18 Å². The molecule has 0 bridgehead atoms. The molecule has 3 rings (SSSR count). The van der Waals surface area contributed by atoms with Crippen LogP contribution >= 0.6 is 15.9 Å². The molecule has 2 aromatic carbocycles. The number of benzene rings is 2. The van der Waals surface area contributed by atoms with Crippen molar-refractivity contribution in [3.05, 3.63) is 69.9 Å². The Bertz CT molecular complexity index is 916. The third-order valence-electron chi connectivity index (χ3n) is 4.87. The summed E-state index contributed by atoms with van der Waals surface area (Å²) in [4.78, 5) is 39.4. The average molecular weight is 447 g/mol. The van der Waals surface area contributed by atoms with E-state index in [1.54, 1.807) is 24.3 Å². The largest absolute Gasteiger partial charge is 0.325 e. The summed E-state index contributed by atoms with van der Waals surface area (Å²) in [5, 5.41) is 2.76. The minimum atomic E-state index is -1.28. The number of halogens is 2. The molecule has 0 spiro atoms. The highest BCUT2D eigenvalue weighted by Gasteiger charge is 2.52. The number of hydrogen-bond donors (Lipinski definition) is 1. The minimum absolute atomic E-state index is 0.338. The predicted octanol–water partition coefficient (Wildman–Crippen LogP) is 4.41. The molecule has 1 saturated heterocycles. The van der Waals surface area contributed by atoms with E-state index in [2.05, 4.69) is 21.2 Å². The van der Waals surface area contributed by atoms with Crippen molar-refractivity contribution in [3.63, 3.8) is 0 Å². The SMILES string of the molecule is CCCC[C@@]1(c2ccc(F)cc2)NC(=O)N(CC(=O)c2cccc(Br)c2)C1=O. The Hall–Kier alpha value is -2.54. The van der Waals surface area contributed by atoms with Gasteiger partial charge in [0.25, 0.3) is 5.91 Å². The van der Waals surface area contributed by atoms with E-state index in [1.165, 1.54) is 24.3 Å². The van der Waals surface area contributed by atoms with E-state index in [4.69, 9.17) is 0 Å². The lowest BCUT2D eigenvalue weighted by molar-refractivity contribution is -0.131. The van der Waals surface area contributed by atoms with Crippen molar-refractivity contribution in [1.29, 1.82) is 0 Å². The van der Waals surface area contributed by atoms with Crippen LogP contribution in [0.5, 0.6) is 0 Å². The van der Waals surface area contributed by atoms with E-state index >= 15 is 0 Å². The maximum absolute atomic E-state index is 13.4. The molecule has 0 aliphatic carbocycles. The third kappa shape index (κ3) is 3.85. The Morgan fingerprint density at radius 1 is 1.18 bits per heavy atom. The molecule has 0 aromatic heterocycles. The first-order valence-electron chi connectivity index (χ1n) is 9.06. The van der Waals surface area contributed by atoms with Gasteiger partial charge in [-0.05, 0) is 36.2 Å². The fourth-order valence-electron chi connectivity index (χ4n) is 3.35. The van der Waals surface area contributed by atoms with Crippen LogP contribution in [0.15, 0.2) is 53.0 Å². The lowest BCUT2D eigenvalue weighted by atomic mass is 9.84. The van der Waals surface area contributed by atoms with Gasteiger partial charge in [0.15, 0.2) is 5.78 Å².